The van der Waals surface area contributed by atoms with Crippen LogP contribution in [0.2, 0.25) is 0 Å². The van der Waals surface area contributed by atoms with Crippen LogP contribution in [0.4, 0.5) is 0 Å². The van der Waals surface area contributed by atoms with Gasteiger partial charge in [-0.2, -0.15) is 5.26 Å². The second-order valence-corrected chi connectivity index (χ2v) is 6.54. The Labute approximate surface area is 146 Å². The molecule has 0 aliphatic carbocycles. The van der Waals surface area contributed by atoms with Gasteiger partial charge < -0.3 is 14.9 Å². The van der Waals surface area contributed by atoms with E-state index in [1.54, 1.807) is 6.92 Å². The van der Waals surface area contributed by atoms with Gasteiger partial charge in [0.1, 0.15) is 11.6 Å². The number of nitriles is 1. The predicted molar refractivity (Wildman–Crippen MR) is 94.1 cm³/mol. The molecular weight excluding hydrogens is 316 g/mol. The van der Waals surface area contributed by atoms with E-state index in [9.17, 15) is 9.59 Å². The van der Waals surface area contributed by atoms with Crippen molar-refractivity contribution in [2.75, 3.05) is 6.54 Å². The molecule has 0 unspecified atom stereocenters. The van der Waals surface area contributed by atoms with Gasteiger partial charge in [-0.25, -0.2) is 0 Å². The second-order valence-electron chi connectivity index (χ2n) is 6.54. The van der Waals surface area contributed by atoms with Crippen LogP contribution in [0, 0.1) is 25.2 Å². The van der Waals surface area contributed by atoms with E-state index in [0.29, 0.717) is 18.4 Å². The molecule has 1 aliphatic rings. The maximum Gasteiger partial charge on any atom is 0.266 e. The van der Waals surface area contributed by atoms with Crippen molar-refractivity contribution >= 4 is 5.91 Å². The third-order valence-electron chi connectivity index (χ3n) is 5.06. The summed E-state index contributed by atoms with van der Waals surface area (Å²) in [5, 5.41) is 9.16. The zero-order valence-electron chi connectivity index (χ0n) is 14.6. The molecule has 1 fully saturated rings. The van der Waals surface area contributed by atoms with Crippen molar-refractivity contribution < 1.29 is 4.79 Å². The molecule has 6 nitrogen and oxygen atoms in total. The lowest BCUT2D eigenvalue weighted by molar-refractivity contribution is -0.132. The summed E-state index contributed by atoms with van der Waals surface area (Å²) in [4.78, 5) is 32.4. The Morgan fingerprint density at radius 3 is 2.92 bits per heavy atom. The maximum absolute atomic E-state index is 12.7. The summed E-state index contributed by atoms with van der Waals surface area (Å²) in [6.45, 7) is 4.36. The van der Waals surface area contributed by atoms with E-state index in [1.807, 2.05) is 36.2 Å². The Morgan fingerprint density at radius 1 is 1.44 bits per heavy atom. The minimum Gasteiger partial charge on any atom is -0.363 e. The van der Waals surface area contributed by atoms with Crippen LogP contribution in [0.1, 0.15) is 53.4 Å². The normalized spacial score (nSPS) is 16.8. The Bertz CT molecular complexity index is 874. The van der Waals surface area contributed by atoms with Crippen molar-refractivity contribution in [1.29, 1.82) is 5.26 Å². The van der Waals surface area contributed by atoms with E-state index in [1.165, 1.54) is 0 Å². The number of nitrogens with one attached hydrogen (secondary N) is 2. The molecule has 25 heavy (non-hydrogen) atoms. The van der Waals surface area contributed by atoms with Gasteiger partial charge in [0.05, 0.1) is 6.04 Å². The molecule has 130 valence electrons. The molecule has 1 amide bonds. The summed E-state index contributed by atoms with van der Waals surface area (Å²) in [6.07, 6.45) is 4.75. The topological polar surface area (TPSA) is 92.8 Å². The van der Waals surface area contributed by atoms with E-state index in [4.69, 9.17) is 5.26 Å². The maximum atomic E-state index is 12.7. The Balaban J connectivity index is 1.75. The highest BCUT2D eigenvalue weighted by atomic mass is 16.2. The van der Waals surface area contributed by atoms with E-state index < -0.39 is 0 Å². The Kier molecular flexibility index (Phi) is 4.75. The lowest BCUT2D eigenvalue weighted by Gasteiger charge is -2.24. The average molecular weight is 338 g/mol. The molecule has 0 spiro atoms. The highest BCUT2D eigenvalue weighted by Gasteiger charge is 2.30. The van der Waals surface area contributed by atoms with Crippen LogP contribution in [0.25, 0.3) is 0 Å². The van der Waals surface area contributed by atoms with E-state index in [-0.39, 0.29) is 23.1 Å². The lowest BCUT2D eigenvalue weighted by Crippen LogP contribution is -2.31. The molecule has 0 bridgehead atoms. The lowest BCUT2D eigenvalue weighted by atomic mass is 9.98. The van der Waals surface area contributed by atoms with Crippen LogP contribution in [-0.2, 0) is 11.2 Å². The number of carbonyl (C=O) groups excluding carboxylic acids is 1. The standard InChI is InChI=1S/C19H22N4O2/c1-12-14(13(2)22-19(25)15(12)11-20)7-8-18(24)23-10-4-6-17(23)16-5-3-9-21-16/h3,5,9,17,21H,4,6-8,10H2,1-2H3,(H,22,25)/t17-/m1/s1. The van der Waals surface area contributed by atoms with Crippen LogP contribution in [-0.4, -0.2) is 27.3 Å². The van der Waals surface area contributed by atoms with Crippen LogP contribution >= 0.6 is 0 Å². The van der Waals surface area contributed by atoms with Crippen molar-refractivity contribution in [3.63, 3.8) is 0 Å². The quantitative estimate of drug-likeness (QED) is 0.897. The van der Waals surface area contributed by atoms with Gasteiger partial charge in [0.2, 0.25) is 5.91 Å². The van der Waals surface area contributed by atoms with Crippen molar-refractivity contribution in [1.82, 2.24) is 14.9 Å². The number of aromatic amines is 2. The molecule has 1 aliphatic heterocycles. The SMILES string of the molecule is Cc1[nH]c(=O)c(C#N)c(C)c1CCC(=O)N1CCC[C@@H]1c1ccc[nH]1. The third-order valence-corrected chi connectivity index (χ3v) is 5.06. The van der Waals surface area contributed by atoms with E-state index >= 15 is 0 Å². The first kappa shape index (κ1) is 17.0. The van der Waals surface area contributed by atoms with Gasteiger partial charge in [0, 0.05) is 30.6 Å². The summed E-state index contributed by atoms with van der Waals surface area (Å²) in [5.41, 5.74) is 3.15. The number of likely N-dealkylation sites (tertiary alicyclic amines) is 1. The van der Waals surface area contributed by atoms with Gasteiger partial charge in [-0.1, -0.05) is 0 Å². The van der Waals surface area contributed by atoms with Crippen LogP contribution < -0.4 is 5.56 Å². The van der Waals surface area contributed by atoms with Crippen LogP contribution in [0.5, 0.6) is 0 Å². The molecule has 6 heteroatoms. The fourth-order valence-corrected chi connectivity index (χ4v) is 3.74. The smallest absolute Gasteiger partial charge is 0.266 e. The molecule has 0 saturated carbocycles. The number of hydrogen-bond acceptors (Lipinski definition) is 3. The van der Waals surface area contributed by atoms with Crippen molar-refractivity contribution in [3.8, 4) is 6.07 Å². The Hall–Kier alpha value is -2.81. The number of pyridine rings is 1. The molecule has 0 radical (unpaired) electrons. The van der Waals surface area contributed by atoms with Gasteiger partial charge in [0.25, 0.3) is 5.56 Å². The van der Waals surface area contributed by atoms with Crippen molar-refractivity contribution in [3.05, 3.63) is 56.8 Å². The zero-order valence-corrected chi connectivity index (χ0v) is 14.6. The first-order chi connectivity index (χ1) is 12.0. The summed E-state index contributed by atoms with van der Waals surface area (Å²) in [7, 11) is 0. The summed E-state index contributed by atoms with van der Waals surface area (Å²) < 4.78 is 0. The van der Waals surface area contributed by atoms with Crippen LogP contribution in [0.3, 0.4) is 0 Å². The van der Waals surface area contributed by atoms with Crippen LogP contribution in [0.15, 0.2) is 23.1 Å². The number of aryl methyl sites for hydroxylation is 1. The monoisotopic (exact) mass is 338 g/mol. The third kappa shape index (κ3) is 3.22. The first-order valence-corrected chi connectivity index (χ1v) is 8.58. The minimum atomic E-state index is -0.362. The fraction of sp³-hybridized carbons (Fsp3) is 0.421. The van der Waals surface area contributed by atoms with E-state index in [0.717, 1.165) is 36.3 Å². The van der Waals surface area contributed by atoms with Gasteiger partial charge in [-0.3, -0.25) is 9.59 Å². The number of carbonyl (C=O) groups is 1. The first-order valence-electron chi connectivity index (χ1n) is 8.58. The number of aromatic nitrogens is 2. The molecule has 1 saturated heterocycles. The predicted octanol–water partition coefficient (Wildman–Crippen LogP) is 2.49. The summed E-state index contributed by atoms with van der Waals surface area (Å²) >= 11 is 0. The highest BCUT2D eigenvalue weighted by Crippen LogP contribution is 2.31. The van der Waals surface area contributed by atoms with Gasteiger partial charge in [-0.15, -0.1) is 0 Å². The molecule has 0 aromatic carbocycles. The van der Waals surface area contributed by atoms with Crippen molar-refractivity contribution in [2.45, 2.75) is 45.6 Å². The van der Waals surface area contributed by atoms with Gasteiger partial charge in [0.15, 0.2) is 0 Å². The number of hydrogen-bond donors (Lipinski definition) is 2. The second kappa shape index (κ2) is 6.98. The molecule has 2 aromatic rings. The number of amides is 1. The minimum absolute atomic E-state index is 0.112. The molecule has 3 rings (SSSR count). The van der Waals surface area contributed by atoms with Crippen molar-refractivity contribution in [2.24, 2.45) is 0 Å². The van der Waals surface area contributed by atoms with Gasteiger partial charge >= 0.3 is 0 Å². The fourth-order valence-electron chi connectivity index (χ4n) is 3.74. The van der Waals surface area contributed by atoms with E-state index in [2.05, 4.69) is 9.97 Å². The molecular formula is C19H22N4O2. The highest BCUT2D eigenvalue weighted by molar-refractivity contribution is 5.77. The molecule has 3 heterocycles. The summed E-state index contributed by atoms with van der Waals surface area (Å²) in [5.74, 6) is 0.112. The molecule has 2 aromatic heterocycles. The number of nitrogens with zero attached hydrogens (tertiary/aromatic N) is 2. The average Bonchev–Trinajstić information content (AvgIpc) is 3.25. The molecule has 2 N–H and O–H groups in total. The largest absolute Gasteiger partial charge is 0.363 e. The number of rotatable bonds is 4. The summed E-state index contributed by atoms with van der Waals surface area (Å²) in [6, 6.07) is 6.05. The molecule has 1 atom stereocenters. The Morgan fingerprint density at radius 2 is 2.24 bits per heavy atom. The van der Waals surface area contributed by atoms with Gasteiger partial charge in [-0.05, 0) is 56.4 Å². The zero-order chi connectivity index (χ0) is 18.0. The number of H-pyrrole nitrogens is 2.